The number of furan rings is 1. The van der Waals surface area contributed by atoms with Crippen LogP contribution in [0.3, 0.4) is 0 Å². The highest BCUT2D eigenvalue weighted by Crippen LogP contribution is 2.27. The van der Waals surface area contributed by atoms with E-state index in [0.717, 1.165) is 0 Å². The van der Waals surface area contributed by atoms with Gasteiger partial charge in [0, 0.05) is 39.1 Å². The molecule has 0 aliphatic carbocycles. The molecule has 0 saturated carbocycles. The van der Waals surface area contributed by atoms with Crippen molar-refractivity contribution in [2.24, 2.45) is 5.73 Å². The molecule has 1 saturated heterocycles. The number of nitrogens with one attached hydrogen (secondary N) is 1. The van der Waals surface area contributed by atoms with E-state index in [-0.39, 0.29) is 47.5 Å². The van der Waals surface area contributed by atoms with Crippen molar-refractivity contribution in [2.75, 3.05) is 40.0 Å². The Labute approximate surface area is 165 Å². The van der Waals surface area contributed by atoms with Crippen LogP contribution in [0.2, 0.25) is 0 Å². The van der Waals surface area contributed by atoms with E-state index in [1.54, 1.807) is 0 Å². The number of rotatable bonds is 8. The molecule has 0 radical (unpaired) electrons. The molecule has 0 unspecified atom stereocenters. The van der Waals surface area contributed by atoms with Gasteiger partial charge in [-0.25, -0.2) is 17.9 Å². The van der Waals surface area contributed by atoms with Gasteiger partial charge in [0.1, 0.15) is 22.0 Å². The lowest BCUT2D eigenvalue weighted by molar-refractivity contribution is -0.103. The number of aryl methyl sites for hydroxylation is 2. The van der Waals surface area contributed by atoms with Crippen LogP contribution in [0.25, 0.3) is 0 Å². The van der Waals surface area contributed by atoms with Crippen LogP contribution in [0.4, 0.5) is 0 Å². The number of esters is 1. The molecule has 0 aromatic carbocycles. The van der Waals surface area contributed by atoms with Gasteiger partial charge in [-0.15, -0.1) is 12.4 Å². The summed E-state index contributed by atoms with van der Waals surface area (Å²) in [7, 11) is -2.78. The number of carbonyl (C=O) groups excluding carboxylic acids is 1. The molecule has 0 spiro atoms. The summed E-state index contributed by atoms with van der Waals surface area (Å²) in [6, 6.07) is 0. The Morgan fingerprint density at radius 3 is 2.44 bits per heavy atom. The Hall–Kier alpha value is -1.17. The minimum Gasteiger partial charge on any atom is -0.465 e. The second-order valence-electron chi connectivity index (χ2n) is 6.16. The number of hydrogen-bond acceptors (Lipinski definition) is 8. The Morgan fingerprint density at radius 2 is 1.89 bits per heavy atom. The van der Waals surface area contributed by atoms with Gasteiger partial charge in [0.05, 0.1) is 19.3 Å². The van der Waals surface area contributed by atoms with Crippen LogP contribution >= 0.6 is 12.4 Å². The molecule has 1 aromatic heterocycles. The standard InChI is InChI=1S/C16H26N2O7S.ClH/c1-11-13(15(19)22-3)14(12(2)25-11)26(20,21)18-6-9-24-16(10-17)4-7-23-8-5-16;/h18H,4-10,17H2,1-3H3;1H. The van der Waals surface area contributed by atoms with Crippen LogP contribution in [0, 0.1) is 13.8 Å². The Morgan fingerprint density at radius 1 is 1.26 bits per heavy atom. The number of halogens is 1. The monoisotopic (exact) mass is 426 g/mol. The van der Waals surface area contributed by atoms with Crippen molar-refractivity contribution < 1.29 is 31.8 Å². The molecule has 1 aliphatic heterocycles. The summed E-state index contributed by atoms with van der Waals surface area (Å²) in [6.45, 7) is 4.66. The average molecular weight is 427 g/mol. The van der Waals surface area contributed by atoms with E-state index < -0.39 is 21.6 Å². The molecular weight excluding hydrogens is 400 g/mol. The maximum atomic E-state index is 12.6. The molecule has 1 fully saturated rings. The fourth-order valence-corrected chi connectivity index (χ4v) is 4.40. The van der Waals surface area contributed by atoms with Crippen molar-refractivity contribution in [3.8, 4) is 0 Å². The zero-order chi connectivity index (χ0) is 19.4. The average Bonchev–Trinajstić information content (AvgIpc) is 2.93. The van der Waals surface area contributed by atoms with E-state index in [2.05, 4.69) is 9.46 Å². The van der Waals surface area contributed by atoms with E-state index in [1.165, 1.54) is 21.0 Å². The van der Waals surface area contributed by atoms with Crippen LogP contribution in [0.15, 0.2) is 9.31 Å². The molecule has 0 bridgehead atoms. The van der Waals surface area contributed by atoms with Crippen LogP contribution in [-0.4, -0.2) is 60.0 Å². The second-order valence-corrected chi connectivity index (χ2v) is 7.86. The van der Waals surface area contributed by atoms with Gasteiger partial charge in [-0.3, -0.25) is 0 Å². The minimum atomic E-state index is -3.97. The van der Waals surface area contributed by atoms with Gasteiger partial charge < -0.3 is 24.4 Å². The van der Waals surface area contributed by atoms with Crippen LogP contribution in [-0.2, 0) is 24.2 Å². The van der Waals surface area contributed by atoms with E-state index in [9.17, 15) is 13.2 Å². The van der Waals surface area contributed by atoms with Crippen molar-refractivity contribution >= 4 is 28.4 Å². The lowest BCUT2D eigenvalue weighted by atomic mass is 9.94. The van der Waals surface area contributed by atoms with Crippen LogP contribution in [0.5, 0.6) is 0 Å². The van der Waals surface area contributed by atoms with Crippen LogP contribution < -0.4 is 10.5 Å². The molecule has 0 amide bonds. The molecule has 2 rings (SSSR count). The summed E-state index contributed by atoms with van der Waals surface area (Å²) in [5.41, 5.74) is 5.23. The summed E-state index contributed by atoms with van der Waals surface area (Å²) in [6.07, 6.45) is 1.34. The SMILES string of the molecule is COC(=O)c1c(C)oc(C)c1S(=O)(=O)NCCOC1(CN)CCOCC1.Cl. The third-order valence-corrected chi connectivity index (χ3v) is 6.05. The highest BCUT2D eigenvalue weighted by molar-refractivity contribution is 7.89. The molecule has 1 aromatic rings. The topological polar surface area (TPSA) is 130 Å². The van der Waals surface area contributed by atoms with Gasteiger partial charge in [-0.2, -0.15) is 0 Å². The zero-order valence-electron chi connectivity index (χ0n) is 15.7. The molecule has 3 N–H and O–H groups in total. The third kappa shape index (κ3) is 5.43. The lowest BCUT2D eigenvalue weighted by Gasteiger charge is -2.36. The maximum Gasteiger partial charge on any atom is 0.342 e. The van der Waals surface area contributed by atoms with Gasteiger partial charge in [-0.05, 0) is 13.8 Å². The molecule has 11 heteroatoms. The van der Waals surface area contributed by atoms with E-state index >= 15 is 0 Å². The smallest absolute Gasteiger partial charge is 0.342 e. The first-order valence-electron chi connectivity index (χ1n) is 8.36. The molecule has 0 atom stereocenters. The Balaban J connectivity index is 0.00000364. The van der Waals surface area contributed by atoms with Gasteiger partial charge >= 0.3 is 5.97 Å². The first-order valence-corrected chi connectivity index (χ1v) is 9.84. The van der Waals surface area contributed by atoms with E-state index in [4.69, 9.17) is 19.6 Å². The van der Waals surface area contributed by atoms with Gasteiger partial charge in [0.2, 0.25) is 10.0 Å². The highest BCUT2D eigenvalue weighted by Gasteiger charge is 2.33. The quantitative estimate of drug-likeness (QED) is 0.463. The summed E-state index contributed by atoms with van der Waals surface area (Å²) in [4.78, 5) is 11.7. The fourth-order valence-electron chi connectivity index (χ4n) is 2.99. The number of hydrogen-bond donors (Lipinski definition) is 2. The number of methoxy groups -OCH3 is 1. The van der Waals surface area contributed by atoms with Crippen LogP contribution in [0.1, 0.15) is 34.7 Å². The van der Waals surface area contributed by atoms with Gasteiger partial charge in [0.15, 0.2) is 0 Å². The van der Waals surface area contributed by atoms with E-state index in [0.29, 0.717) is 32.6 Å². The Kier molecular flexibility index (Phi) is 8.71. The predicted molar refractivity (Wildman–Crippen MR) is 99.7 cm³/mol. The van der Waals surface area contributed by atoms with Crippen molar-refractivity contribution in [3.63, 3.8) is 0 Å². The molecular formula is C16H27ClN2O7S. The number of ether oxygens (including phenoxy) is 3. The fraction of sp³-hybridized carbons (Fsp3) is 0.688. The lowest BCUT2D eigenvalue weighted by Crippen LogP contribution is -2.46. The van der Waals surface area contributed by atoms with Gasteiger partial charge in [0.25, 0.3) is 0 Å². The first-order chi connectivity index (χ1) is 12.3. The Bertz CT molecular complexity index is 742. The molecule has 1 aliphatic rings. The van der Waals surface area contributed by atoms with Crippen molar-refractivity contribution in [2.45, 2.75) is 37.2 Å². The second kappa shape index (κ2) is 9.85. The molecule has 2 heterocycles. The summed E-state index contributed by atoms with van der Waals surface area (Å²) >= 11 is 0. The van der Waals surface area contributed by atoms with Gasteiger partial charge in [-0.1, -0.05) is 0 Å². The normalized spacial score (nSPS) is 16.6. The van der Waals surface area contributed by atoms with Crippen molar-refractivity contribution in [1.82, 2.24) is 4.72 Å². The zero-order valence-corrected chi connectivity index (χ0v) is 17.3. The molecule has 27 heavy (non-hydrogen) atoms. The summed E-state index contributed by atoms with van der Waals surface area (Å²) in [5, 5.41) is 0. The molecule has 156 valence electrons. The van der Waals surface area contributed by atoms with Crippen molar-refractivity contribution in [1.29, 1.82) is 0 Å². The summed E-state index contributed by atoms with van der Waals surface area (Å²) < 4.78 is 48.8. The first kappa shape index (κ1) is 23.9. The minimum absolute atomic E-state index is 0. The largest absolute Gasteiger partial charge is 0.465 e. The summed E-state index contributed by atoms with van der Waals surface area (Å²) in [5.74, 6) is -0.449. The third-order valence-electron chi connectivity index (χ3n) is 4.44. The number of nitrogens with two attached hydrogens (primary N) is 1. The maximum absolute atomic E-state index is 12.6. The predicted octanol–water partition coefficient (Wildman–Crippen LogP) is 0.908. The van der Waals surface area contributed by atoms with E-state index in [1.807, 2.05) is 0 Å². The molecule has 9 nitrogen and oxygen atoms in total. The number of sulfonamides is 1. The van der Waals surface area contributed by atoms with Crippen molar-refractivity contribution in [3.05, 3.63) is 17.1 Å². The number of carbonyl (C=O) groups is 1. The highest BCUT2D eigenvalue weighted by atomic mass is 35.5.